The van der Waals surface area contributed by atoms with Crippen molar-refractivity contribution < 1.29 is 4.74 Å². The Morgan fingerprint density at radius 1 is 1.05 bits per heavy atom. The summed E-state index contributed by atoms with van der Waals surface area (Å²) in [5.74, 6) is 1.47. The van der Waals surface area contributed by atoms with E-state index in [2.05, 4.69) is 44.8 Å². The van der Waals surface area contributed by atoms with Gasteiger partial charge >= 0.3 is 0 Å². The average molecular weight is 284 g/mol. The highest BCUT2D eigenvalue weighted by molar-refractivity contribution is 4.78. The molecule has 1 N–H and O–H groups in total. The lowest BCUT2D eigenvalue weighted by Gasteiger charge is -2.28. The highest BCUT2D eigenvalue weighted by atomic mass is 16.5. The van der Waals surface area contributed by atoms with Gasteiger partial charge in [0.2, 0.25) is 0 Å². The molecule has 1 heterocycles. The van der Waals surface area contributed by atoms with Crippen molar-refractivity contribution in [2.75, 3.05) is 32.7 Å². The van der Waals surface area contributed by atoms with Crippen molar-refractivity contribution in [3.8, 4) is 0 Å². The van der Waals surface area contributed by atoms with Crippen LogP contribution in [0.15, 0.2) is 0 Å². The van der Waals surface area contributed by atoms with Crippen molar-refractivity contribution in [2.24, 2.45) is 11.8 Å². The molecule has 1 aliphatic heterocycles. The molecule has 0 aromatic heterocycles. The first-order valence-corrected chi connectivity index (χ1v) is 8.59. The highest BCUT2D eigenvalue weighted by Gasteiger charge is 2.26. The van der Waals surface area contributed by atoms with Crippen LogP contribution in [-0.4, -0.2) is 49.8 Å². The second-order valence-corrected chi connectivity index (χ2v) is 7.17. The van der Waals surface area contributed by atoms with Gasteiger partial charge in [0.25, 0.3) is 0 Å². The fraction of sp³-hybridized carbons (Fsp3) is 1.00. The third-order valence-corrected chi connectivity index (χ3v) is 3.70. The van der Waals surface area contributed by atoms with Crippen molar-refractivity contribution in [2.45, 2.75) is 66.1 Å². The number of nitrogens with one attached hydrogen (secondary N) is 1. The molecular formula is C17H36N2O. The largest absolute Gasteiger partial charge is 0.372 e. The molecule has 20 heavy (non-hydrogen) atoms. The lowest BCUT2D eigenvalue weighted by Crippen LogP contribution is -2.38. The SMILES string of the molecule is CCCNCC1CCC(CN(CC(C)C)CC(C)C)O1. The Labute approximate surface area is 126 Å². The third-order valence-electron chi connectivity index (χ3n) is 3.70. The standard InChI is InChI=1S/C17H36N2O/c1-6-9-18-10-16-7-8-17(20-16)13-19(11-14(2)3)12-15(4)5/h14-18H,6-13H2,1-5H3. The monoisotopic (exact) mass is 284 g/mol. The van der Waals surface area contributed by atoms with Gasteiger partial charge in [-0.05, 0) is 37.6 Å². The van der Waals surface area contributed by atoms with Gasteiger partial charge in [-0.25, -0.2) is 0 Å². The third kappa shape index (κ3) is 7.61. The van der Waals surface area contributed by atoms with Crippen molar-refractivity contribution >= 4 is 0 Å². The lowest BCUT2D eigenvalue weighted by atomic mass is 10.1. The highest BCUT2D eigenvalue weighted by Crippen LogP contribution is 2.21. The van der Waals surface area contributed by atoms with Gasteiger partial charge < -0.3 is 15.0 Å². The van der Waals surface area contributed by atoms with Crippen molar-refractivity contribution in [3.05, 3.63) is 0 Å². The summed E-state index contributed by atoms with van der Waals surface area (Å²) in [6, 6.07) is 0. The van der Waals surface area contributed by atoms with E-state index in [0.29, 0.717) is 12.2 Å². The Bertz CT molecular complexity index is 233. The smallest absolute Gasteiger partial charge is 0.0707 e. The molecule has 3 heteroatoms. The first-order valence-electron chi connectivity index (χ1n) is 8.59. The molecule has 2 unspecified atom stereocenters. The maximum absolute atomic E-state index is 6.20. The predicted molar refractivity (Wildman–Crippen MR) is 87.2 cm³/mol. The molecule has 0 bridgehead atoms. The molecule has 0 aliphatic carbocycles. The molecule has 0 radical (unpaired) electrons. The Balaban J connectivity index is 2.30. The van der Waals surface area contributed by atoms with E-state index in [1.165, 1.54) is 32.4 Å². The molecule has 0 spiro atoms. The summed E-state index contributed by atoms with van der Waals surface area (Å²) in [7, 11) is 0. The minimum Gasteiger partial charge on any atom is -0.372 e. The summed E-state index contributed by atoms with van der Waals surface area (Å²) in [5.41, 5.74) is 0. The number of ether oxygens (including phenoxy) is 1. The molecule has 3 nitrogen and oxygen atoms in total. The van der Waals surface area contributed by atoms with E-state index in [1.807, 2.05) is 0 Å². The van der Waals surface area contributed by atoms with Crippen LogP contribution in [0.25, 0.3) is 0 Å². The van der Waals surface area contributed by atoms with Gasteiger partial charge in [-0.2, -0.15) is 0 Å². The summed E-state index contributed by atoms with van der Waals surface area (Å²) >= 11 is 0. The van der Waals surface area contributed by atoms with Gasteiger partial charge in [-0.1, -0.05) is 34.6 Å². The van der Waals surface area contributed by atoms with E-state index >= 15 is 0 Å². The van der Waals surface area contributed by atoms with Gasteiger partial charge in [0, 0.05) is 26.2 Å². The number of rotatable bonds is 10. The van der Waals surface area contributed by atoms with Crippen LogP contribution in [0.5, 0.6) is 0 Å². The van der Waals surface area contributed by atoms with Crippen LogP contribution in [0.1, 0.15) is 53.9 Å². The molecule has 1 saturated heterocycles. The summed E-state index contributed by atoms with van der Waals surface area (Å²) < 4.78 is 6.20. The molecule has 1 aliphatic rings. The van der Waals surface area contributed by atoms with Crippen LogP contribution in [-0.2, 0) is 4.74 Å². The molecule has 120 valence electrons. The Hall–Kier alpha value is -0.120. The molecule has 0 aromatic rings. The van der Waals surface area contributed by atoms with Crippen LogP contribution >= 0.6 is 0 Å². The lowest BCUT2D eigenvalue weighted by molar-refractivity contribution is 0.0192. The quantitative estimate of drug-likeness (QED) is 0.624. The molecule has 1 rings (SSSR count). The zero-order valence-corrected chi connectivity index (χ0v) is 14.3. The second kappa shape index (κ2) is 9.75. The van der Waals surface area contributed by atoms with Gasteiger partial charge in [-0.15, -0.1) is 0 Å². The summed E-state index contributed by atoms with van der Waals surface area (Å²) in [6.07, 6.45) is 4.53. The topological polar surface area (TPSA) is 24.5 Å². The number of nitrogens with zero attached hydrogens (tertiary/aromatic N) is 1. The average Bonchev–Trinajstić information content (AvgIpc) is 2.75. The molecule has 2 atom stereocenters. The molecule has 1 fully saturated rings. The molecule has 0 aromatic carbocycles. The summed E-state index contributed by atoms with van der Waals surface area (Å²) in [5, 5.41) is 3.48. The van der Waals surface area contributed by atoms with E-state index in [9.17, 15) is 0 Å². The summed E-state index contributed by atoms with van der Waals surface area (Å²) in [6.45, 7) is 17.1. The molecular weight excluding hydrogens is 248 g/mol. The summed E-state index contributed by atoms with van der Waals surface area (Å²) in [4.78, 5) is 2.60. The van der Waals surface area contributed by atoms with Crippen LogP contribution in [0.4, 0.5) is 0 Å². The second-order valence-electron chi connectivity index (χ2n) is 7.17. The van der Waals surface area contributed by atoms with E-state index < -0.39 is 0 Å². The zero-order chi connectivity index (χ0) is 15.0. The van der Waals surface area contributed by atoms with E-state index in [1.54, 1.807) is 0 Å². The minimum absolute atomic E-state index is 0.437. The zero-order valence-electron chi connectivity index (χ0n) is 14.3. The van der Waals surface area contributed by atoms with E-state index in [4.69, 9.17) is 4.74 Å². The molecule has 0 amide bonds. The first kappa shape index (κ1) is 17.9. The van der Waals surface area contributed by atoms with Gasteiger partial charge in [0.1, 0.15) is 0 Å². The van der Waals surface area contributed by atoms with Gasteiger partial charge in [-0.3, -0.25) is 0 Å². The predicted octanol–water partition coefficient (Wildman–Crippen LogP) is 3.15. The Morgan fingerprint density at radius 2 is 1.65 bits per heavy atom. The van der Waals surface area contributed by atoms with E-state index in [0.717, 1.165) is 31.5 Å². The maximum Gasteiger partial charge on any atom is 0.0707 e. The van der Waals surface area contributed by atoms with Crippen LogP contribution in [0, 0.1) is 11.8 Å². The Morgan fingerprint density at radius 3 is 2.20 bits per heavy atom. The van der Waals surface area contributed by atoms with Crippen molar-refractivity contribution in [3.63, 3.8) is 0 Å². The van der Waals surface area contributed by atoms with Crippen LogP contribution in [0.3, 0.4) is 0 Å². The van der Waals surface area contributed by atoms with E-state index in [-0.39, 0.29) is 0 Å². The Kier molecular flexibility index (Phi) is 8.74. The number of hydrogen-bond donors (Lipinski definition) is 1. The van der Waals surface area contributed by atoms with Crippen LogP contribution < -0.4 is 5.32 Å². The fourth-order valence-electron chi connectivity index (χ4n) is 3.05. The maximum atomic E-state index is 6.20. The fourth-order valence-corrected chi connectivity index (χ4v) is 3.05. The molecule has 0 saturated carbocycles. The number of hydrogen-bond acceptors (Lipinski definition) is 3. The normalized spacial score (nSPS) is 23.4. The van der Waals surface area contributed by atoms with Gasteiger partial charge in [0.05, 0.1) is 12.2 Å². The first-order chi connectivity index (χ1) is 9.51. The van der Waals surface area contributed by atoms with Crippen molar-refractivity contribution in [1.82, 2.24) is 10.2 Å². The van der Waals surface area contributed by atoms with Crippen molar-refractivity contribution in [1.29, 1.82) is 0 Å². The van der Waals surface area contributed by atoms with Crippen LogP contribution in [0.2, 0.25) is 0 Å². The minimum atomic E-state index is 0.437. The van der Waals surface area contributed by atoms with Gasteiger partial charge in [0.15, 0.2) is 0 Å².